The van der Waals surface area contributed by atoms with Crippen molar-refractivity contribution >= 4 is 5.69 Å². The van der Waals surface area contributed by atoms with E-state index >= 15 is 0 Å². The number of hydrogen-bond acceptors (Lipinski definition) is 4. The average Bonchev–Trinajstić information content (AvgIpc) is 2.34. The summed E-state index contributed by atoms with van der Waals surface area (Å²) in [5.41, 5.74) is 1.34. The number of pyridine rings is 1. The molecule has 0 aliphatic heterocycles. The molecule has 0 saturated heterocycles. The number of hydrogen-bond donors (Lipinski definition) is 1. The van der Waals surface area contributed by atoms with Crippen LogP contribution in [0.2, 0.25) is 0 Å². The molecule has 0 saturated carbocycles. The van der Waals surface area contributed by atoms with Gasteiger partial charge in [0.25, 0.3) is 0 Å². The van der Waals surface area contributed by atoms with Crippen molar-refractivity contribution in [2.24, 2.45) is 0 Å². The number of nitriles is 1. The van der Waals surface area contributed by atoms with Gasteiger partial charge in [-0.3, -0.25) is 0 Å². The van der Waals surface area contributed by atoms with Gasteiger partial charge in [-0.2, -0.15) is 5.26 Å². The van der Waals surface area contributed by atoms with E-state index in [1.807, 2.05) is 12.1 Å². The van der Waals surface area contributed by atoms with Gasteiger partial charge in [0.1, 0.15) is 11.8 Å². The van der Waals surface area contributed by atoms with Crippen LogP contribution in [-0.4, -0.2) is 24.7 Å². The largest absolute Gasteiger partial charge is 0.383 e. The van der Waals surface area contributed by atoms with Gasteiger partial charge in [0, 0.05) is 25.0 Å². The minimum absolute atomic E-state index is 0.428. The molecule has 0 bridgehead atoms. The second kappa shape index (κ2) is 7.66. The van der Waals surface area contributed by atoms with E-state index in [4.69, 9.17) is 10.00 Å². The maximum Gasteiger partial charge on any atom is 0.142 e. The van der Waals surface area contributed by atoms with Gasteiger partial charge in [0.2, 0.25) is 0 Å². The molecule has 0 aromatic carbocycles. The van der Waals surface area contributed by atoms with Crippen LogP contribution in [0.15, 0.2) is 18.3 Å². The van der Waals surface area contributed by atoms with Crippen molar-refractivity contribution in [2.75, 3.05) is 25.1 Å². The Balaban J connectivity index is 2.19. The summed E-state index contributed by atoms with van der Waals surface area (Å²) in [6.07, 6.45) is 3.88. The molecule has 1 N–H and O–H groups in total. The van der Waals surface area contributed by atoms with E-state index < -0.39 is 0 Å². The Morgan fingerprint density at radius 2 is 2.38 bits per heavy atom. The fourth-order valence-electron chi connectivity index (χ4n) is 1.22. The summed E-state index contributed by atoms with van der Waals surface area (Å²) in [5, 5.41) is 11.8. The van der Waals surface area contributed by atoms with Crippen LogP contribution in [0, 0.1) is 11.3 Å². The topological polar surface area (TPSA) is 57.9 Å². The number of ether oxygens (including phenoxy) is 1. The molecule has 1 aromatic rings. The van der Waals surface area contributed by atoms with Crippen molar-refractivity contribution in [3.63, 3.8) is 0 Å². The van der Waals surface area contributed by atoms with Crippen LogP contribution in [-0.2, 0) is 4.74 Å². The first kappa shape index (κ1) is 12.5. The third-order valence-corrected chi connectivity index (χ3v) is 2.09. The highest BCUT2D eigenvalue weighted by atomic mass is 16.5. The number of nitrogens with zero attached hydrogens (tertiary/aromatic N) is 2. The second-order valence-electron chi connectivity index (χ2n) is 3.43. The summed E-state index contributed by atoms with van der Waals surface area (Å²) in [6, 6.07) is 5.57. The zero-order valence-electron chi connectivity index (χ0n) is 9.57. The van der Waals surface area contributed by atoms with Gasteiger partial charge in [0.05, 0.1) is 6.61 Å². The Kier molecular flexibility index (Phi) is 5.97. The quantitative estimate of drug-likeness (QED) is 0.714. The Bertz CT molecular complexity index is 346. The van der Waals surface area contributed by atoms with Crippen LogP contribution in [0.5, 0.6) is 0 Å². The molecule has 0 aliphatic carbocycles. The molecule has 0 spiro atoms. The van der Waals surface area contributed by atoms with Crippen molar-refractivity contribution in [3.05, 3.63) is 24.0 Å². The fourth-order valence-corrected chi connectivity index (χ4v) is 1.22. The van der Waals surface area contributed by atoms with Crippen molar-refractivity contribution < 1.29 is 4.74 Å². The molecule has 0 aliphatic rings. The molecule has 1 rings (SSSR count). The minimum Gasteiger partial charge on any atom is -0.383 e. The van der Waals surface area contributed by atoms with Crippen molar-refractivity contribution in [2.45, 2.75) is 19.8 Å². The van der Waals surface area contributed by atoms with E-state index in [1.54, 1.807) is 12.3 Å². The standard InChI is InChI=1S/C12H17N3O/c1-2-3-7-16-8-6-15-11-4-5-14-12(9-11)10-13/h4-5,9H,2-3,6-8H2,1H3,(H,14,15). The Hall–Kier alpha value is -1.60. The van der Waals surface area contributed by atoms with Gasteiger partial charge in [-0.1, -0.05) is 13.3 Å². The number of anilines is 1. The SMILES string of the molecule is CCCCOCCNc1ccnc(C#N)c1. The first-order chi connectivity index (χ1) is 7.86. The smallest absolute Gasteiger partial charge is 0.142 e. The lowest BCUT2D eigenvalue weighted by Crippen LogP contribution is -2.10. The van der Waals surface area contributed by atoms with Crippen LogP contribution in [0.4, 0.5) is 5.69 Å². The van der Waals surface area contributed by atoms with Gasteiger partial charge in [-0.25, -0.2) is 4.98 Å². The van der Waals surface area contributed by atoms with Gasteiger partial charge in [-0.05, 0) is 18.6 Å². The van der Waals surface area contributed by atoms with E-state index in [0.717, 1.165) is 31.7 Å². The summed E-state index contributed by atoms with van der Waals surface area (Å²) in [7, 11) is 0. The Morgan fingerprint density at radius 3 is 3.12 bits per heavy atom. The molecule has 16 heavy (non-hydrogen) atoms. The molecule has 86 valence electrons. The van der Waals surface area contributed by atoms with Crippen LogP contribution < -0.4 is 5.32 Å². The summed E-state index contributed by atoms with van der Waals surface area (Å²) in [5.74, 6) is 0. The van der Waals surface area contributed by atoms with Crippen molar-refractivity contribution in [1.29, 1.82) is 5.26 Å². The highest BCUT2D eigenvalue weighted by Crippen LogP contribution is 2.06. The minimum atomic E-state index is 0.428. The number of unbranched alkanes of at least 4 members (excludes halogenated alkanes) is 1. The summed E-state index contributed by atoms with van der Waals surface area (Å²) in [6.45, 7) is 4.39. The Labute approximate surface area is 96.3 Å². The molecule has 0 radical (unpaired) electrons. The van der Waals surface area contributed by atoms with Crippen LogP contribution >= 0.6 is 0 Å². The molecule has 4 nitrogen and oxygen atoms in total. The molecule has 1 aromatic heterocycles. The molecule has 4 heteroatoms. The zero-order chi connectivity index (χ0) is 11.6. The third-order valence-electron chi connectivity index (χ3n) is 2.09. The van der Waals surface area contributed by atoms with Crippen LogP contribution in [0.1, 0.15) is 25.5 Å². The summed E-state index contributed by atoms with van der Waals surface area (Å²) >= 11 is 0. The van der Waals surface area contributed by atoms with Gasteiger partial charge < -0.3 is 10.1 Å². The van der Waals surface area contributed by atoms with Gasteiger partial charge >= 0.3 is 0 Å². The molecule has 0 atom stereocenters. The summed E-state index contributed by atoms with van der Waals surface area (Å²) < 4.78 is 5.41. The van der Waals surface area contributed by atoms with Gasteiger partial charge in [0.15, 0.2) is 0 Å². The monoisotopic (exact) mass is 219 g/mol. The number of aromatic nitrogens is 1. The molecule has 0 unspecified atom stereocenters. The first-order valence-corrected chi connectivity index (χ1v) is 5.54. The number of nitrogens with one attached hydrogen (secondary N) is 1. The molecule has 1 heterocycles. The highest BCUT2D eigenvalue weighted by molar-refractivity contribution is 5.45. The van der Waals surface area contributed by atoms with E-state index in [-0.39, 0.29) is 0 Å². The van der Waals surface area contributed by atoms with E-state index in [9.17, 15) is 0 Å². The van der Waals surface area contributed by atoms with Gasteiger partial charge in [-0.15, -0.1) is 0 Å². The lowest BCUT2D eigenvalue weighted by atomic mass is 10.3. The first-order valence-electron chi connectivity index (χ1n) is 5.54. The lowest BCUT2D eigenvalue weighted by molar-refractivity contribution is 0.141. The summed E-state index contributed by atoms with van der Waals surface area (Å²) in [4.78, 5) is 3.89. The van der Waals surface area contributed by atoms with E-state index in [1.165, 1.54) is 0 Å². The molecule has 0 amide bonds. The fraction of sp³-hybridized carbons (Fsp3) is 0.500. The third kappa shape index (κ3) is 4.76. The predicted molar refractivity (Wildman–Crippen MR) is 63.2 cm³/mol. The Morgan fingerprint density at radius 1 is 1.50 bits per heavy atom. The predicted octanol–water partition coefficient (Wildman–Crippen LogP) is 2.18. The second-order valence-corrected chi connectivity index (χ2v) is 3.43. The maximum absolute atomic E-state index is 8.67. The maximum atomic E-state index is 8.67. The molecular weight excluding hydrogens is 202 g/mol. The van der Waals surface area contributed by atoms with Crippen molar-refractivity contribution in [3.8, 4) is 6.07 Å². The van der Waals surface area contributed by atoms with Crippen LogP contribution in [0.25, 0.3) is 0 Å². The van der Waals surface area contributed by atoms with E-state index in [2.05, 4.69) is 17.2 Å². The lowest BCUT2D eigenvalue weighted by Gasteiger charge is -2.06. The van der Waals surface area contributed by atoms with E-state index in [0.29, 0.717) is 12.3 Å². The average molecular weight is 219 g/mol. The van der Waals surface area contributed by atoms with Crippen molar-refractivity contribution in [1.82, 2.24) is 4.98 Å². The molecular formula is C12H17N3O. The number of rotatable bonds is 7. The highest BCUT2D eigenvalue weighted by Gasteiger charge is 1.95. The van der Waals surface area contributed by atoms with Crippen LogP contribution in [0.3, 0.4) is 0 Å². The normalized spacial score (nSPS) is 9.75. The zero-order valence-corrected chi connectivity index (χ0v) is 9.57. The molecule has 0 fully saturated rings.